The van der Waals surface area contributed by atoms with Crippen LogP contribution in [0.15, 0.2) is 48.5 Å². The van der Waals surface area contributed by atoms with E-state index in [9.17, 15) is 18.7 Å². The number of ether oxygens (including phenoxy) is 1. The minimum atomic E-state index is -0.704. The van der Waals surface area contributed by atoms with Crippen molar-refractivity contribution in [2.45, 2.75) is 25.2 Å². The first-order valence-electron chi connectivity index (χ1n) is 10.2. The molecule has 30 heavy (non-hydrogen) atoms. The number of rotatable bonds is 9. The third-order valence-electron chi connectivity index (χ3n) is 5.66. The van der Waals surface area contributed by atoms with Gasteiger partial charge in [-0.2, -0.15) is 0 Å². The smallest absolute Gasteiger partial charge is 0.312 e. The Bertz CT molecular complexity index is 741. The molecule has 0 amide bonds. The minimum Gasteiger partial charge on any atom is -1.00 e. The van der Waals surface area contributed by atoms with Crippen LogP contribution in [-0.4, -0.2) is 43.9 Å². The van der Waals surface area contributed by atoms with Gasteiger partial charge in [-0.25, -0.2) is 8.78 Å². The average molecular weight is 440 g/mol. The maximum Gasteiger partial charge on any atom is 0.312 e. The van der Waals surface area contributed by atoms with E-state index in [1.54, 1.807) is 24.3 Å². The summed E-state index contributed by atoms with van der Waals surface area (Å²) in [6.45, 7) is 3.53. The van der Waals surface area contributed by atoms with Crippen LogP contribution in [0.25, 0.3) is 0 Å². The van der Waals surface area contributed by atoms with Crippen molar-refractivity contribution < 1.29 is 40.7 Å². The molecule has 0 bridgehead atoms. The summed E-state index contributed by atoms with van der Waals surface area (Å²) in [4.78, 5) is 12.4. The van der Waals surface area contributed by atoms with Crippen LogP contribution in [0.2, 0.25) is 0 Å². The highest BCUT2D eigenvalue weighted by Gasteiger charge is 2.28. The molecule has 0 saturated carbocycles. The van der Waals surface area contributed by atoms with Gasteiger partial charge in [-0.05, 0) is 54.7 Å². The number of halogens is 3. The third-order valence-corrected chi connectivity index (χ3v) is 5.66. The van der Waals surface area contributed by atoms with E-state index in [1.807, 2.05) is 0 Å². The molecule has 7 heteroatoms. The quantitative estimate of drug-likeness (QED) is 0.536. The molecular weight excluding hydrogens is 412 g/mol. The van der Waals surface area contributed by atoms with Crippen molar-refractivity contribution in [3.05, 3.63) is 71.3 Å². The van der Waals surface area contributed by atoms with E-state index in [4.69, 9.17) is 4.74 Å². The van der Waals surface area contributed by atoms with Gasteiger partial charge in [0.05, 0.1) is 19.7 Å². The number of carboxylic acids is 1. The molecule has 164 valence electrons. The molecule has 1 aliphatic heterocycles. The van der Waals surface area contributed by atoms with E-state index in [-0.39, 0.29) is 35.9 Å². The normalized spacial score (nSPS) is 18.8. The van der Waals surface area contributed by atoms with E-state index in [0.29, 0.717) is 26.2 Å². The first kappa shape index (κ1) is 24.3. The van der Waals surface area contributed by atoms with Crippen molar-refractivity contribution >= 4 is 5.97 Å². The van der Waals surface area contributed by atoms with Gasteiger partial charge >= 0.3 is 5.97 Å². The lowest BCUT2D eigenvalue weighted by Gasteiger charge is -2.27. The van der Waals surface area contributed by atoms with Crippen LogP contribution in [0.3, 0.4) is 0 Å². The lowest BCUT2D eigenvalue weighted by atomic mass is 9.89. The Morgan fingerprint density at radius 3 is 2.13 bits per heavy atom. The molecule has 1 fully saturated rings. The second-order valence-electron chi connectivity index (χ2n) is 7.69. The zero-order valence-corrected chi connectivity index (χ0v) is 17.6. The lowest BCUT2D eigenvalue weighted by Crippen LogP contribution is -3.14. The Labute approximate surface area is 182 Å². The number of quaternary nitrogens is 1. The standard InChI is InChI=1S/C23H27F2NO3.ClH/c24-20-7-3-17(4-8-20)22(18-5-9-21(25)10-6-18)11-14-29-15-13-26-12-1-2-19(16-26)23(27)28;/h3-10,19,22H,1-2,11-16H2,(H,27,28);1H. The van der Waals surface area contributed by atoms with Crippen molar-refractivity contribution in [1.82, 2.24) is 0 Å². The Morgan fingerprint density at radius 1 is 1.03 bits per heavy atom. The van der Waals surface area contributed by atoms with E-state index in [0.717, 1.165) is 37.1 Å². The van der Waals surface area contributed by atoms with Gasteiger partial charge in [0, 0.05) is 12.5 Å². The molecule has 3 rings (SSSR count). The zero-order valence-electron chi connectivity index (χ0n) is 16.8. The number of hydrogen-bond donors (Lipinski definition) is 2. The number of likely N-dealkylation sites (tertiary alicyclic amines) is 1. The molecule has 1 saturated heterocycles. The van der Waals surface area contributed by atoms with Crippen LogP contribution in [0.1, 0.15) is 36.3 Å². The number of carbonyl (C=O) groups is 1. The first-order chi connectivity index (χ1) is 14.0. The van der Waals surface area contributed by atoms with Crippen molar-refractivity contribution in [1.29, 1.82) is 0 Å². The van der Waals surface area contributed by atoms with Gasteiger partial charge in [0.15, 0.2) is 0 Å². The predicted octanol–water partition coefficient (Wildman–Crippen LogP) is -0.113. The summed E-state index contributed by atoms with van der Waals surface area (Å²) in [5.41, 5.74) is 1.93. The van der Waals surface area contributed by atoms with Crippen LogP contribution in [0.4, 0.5) is 8.78 Å². The van der Waals surface area contributed by atoms with Crippen molar-refractivity contribution in [2.24, 2.45) is 5.92 Å². The van der Waals surface area contributed by atoms with Crippen LogP contribution in [0.5, 0.6) is 0 Å². The van der Waals surface area contributed by atoms with Gasteiger partial charge in [0.25, 0.3) is 0 Å². The van der Waals surface area contributed by atoms with Gasteiger partial charge in [0.1, 0.15) is 24.1 Å². The Balaban J connectivity index is 0.00000320. The maximum absolute atomic E-state index is 13.3. The van der Waals surface area contributed by atoms with E-state index >= 15 is 0 Å². The van der Waals surface area contributed by atoms with Gasteiger partial charge in [-0.3, -0.25) is 4.79 Å². The highest BCUT2D eigenvalue weighted by Crippen LogP contribution is 2.28. The average Bonchev–Trinajstić information content (AvgIpc) is 2.73. The molecule has 0 radical (unpaired) electrons. The number of nitrogens with one attached hydrogen (secondary N) is 1. The topological polar surface area (TPSA) is 51.0 Å². The Morgan fingerprint density at radius 2 is 1.60 bits per heavy atom. The predicted molar refractivity (Wildman–Crippen MR) is 106 cm³/mol. The van der Waals surface area contributed by atoms with Gasteiger partial charge in [-0.1, -0.05) is 24.3 Å². The number of benzene rings is 2. The van der Waals surface area contributed by atoms with Crippen LogP contribution < -0.4 is 17.3 Å². The molecule has 0 aliphatic carbocycles. The Kier molecular flexibility index (Phi) is 9.69. The van der Waals surface area contributed by atoms with Crippen LogP contribution >= 0.6 is 0 Å². The number of hydrogen-bond acceptors (Lipinski definition) is 2. The monoisotopic (exact) mass is 439 g/mol. The summed E-state index contributed by atoms with van der Waals surface area (Å²) in [6.07, 6.45) is 2.39. The summed E-state index contributed by atoms with van der Waals surface area (Å²) in [6, 6.07) is 12.8. The zero-order chi connectivity index (χ0) is 20.6. The number of piperidine rings is 1. The summed E-state index contributed by atoms with van der Waals surface area (Å²) in [5.74, 6) is -1.53. The molecule has 1 heterocycles. The van der Waals surface area contributed by atoms with Gasteiger partial charge < -0.3 is 27.2 Å². The van der Waals surface area contributed by atoms with Crippen LogP contribution in [-0.2, 0) is 9.53 Å². The highest BCUT2D eigenvalue weighted by molar-refractivity contribution is 5.70. The fourth-order valence-electron chi connectivity index (χ4n) is 4.02. The second-order valence-corrected chi connectivity index (χ2v) is 7.69. The summed E-state index contributed by atoms with van der Waals surface area (Å²) in [7, 11) is 0. The SMILES string of the molecule is O=C(O)C1CCC[NH+](CCOCCC(c2ccc(F)cc2)c2ccc(F)cc2)C1.[Cl-]. The summed E-state index contributed by atoms with van der Waals surface area (Å²) in [5, 5.41) is 9.19. The lowest BCUT2D eigenvalue weighted by molar-refractivity contribution is -0.907. The molecule has 2 N–H and O–H groups in total. The van der Waals surface area contributed by atoms with Crippen molar-refractivity contribution in [3.63, 3.8) is 0 Å². The number of carboxylic acid groups (broad SMARTS) is 1. The Hall–Kier alpha value is -2.02. The fraction of sp³-hybridized carbons (Fsp3) is 0.435. The maximum atomic E-state index is 13.3. The molecule has 0 aromatic heterocycles. The van der Waals surface area contributed by atoms with E-state index in [2.05, 4.69) is 0 Å². The third kappa shape index (κ3) is 7.04. The molecule has 1 aliphatic rings. The summed E-state index contributed by atoms with van der Waals surface area (Å²) >= 11 is 0. The largest absolute Gasteiger partial charge is 1.00 e. The molecule has 2 atom stereocenters. The van der Waals surface area contributed by atoms with E-state index in [1.165, 1.54) is 29.2 Å². The van der Waals surface area contributed by atoms with Crippen molar-refractivity contribution in [3.8, 4) is 0 Å². The van der Waals surface area contributed by atoms with Gasteiger partial charge in [-0.15, -0.1) is 0 Å². The number of aliphatic carboxylic acids is 1. The second kappa shape index (κ2) is 12.0. The van der Waals surface area contributed by atoms with Gasteiger partial charge in [0.2, 0.25) is 0 Å². The molecule has 0 spiro atoms. The molecule has 2 aromatic rings. The van der Waals surface area contributed by atoms with Crippen LogP contribution in [0, 0.1) is 17.6 Å². The highest BCUT2D eigenvalue weighted by atomic mass is 35.5. The minimum absolute atomic E-state index is 0. The molecule has 2 aromatic carbocycles. The fourth-order valence-corrected chi connectivity index (χ4v) is 4.02. The molecule has 2 unspecified atom stereocenters. The van der Waals surface area contributed by atoms with Crippen molar-refractivity contribution in [2.75, 3.05) is 32.8 Å². The summed E-state index contributed by atoms with van der Waals surface area (Å²) < 4.78 is 32.4. The molecule has 4 nitrogen and oxygen atoms in total. The first-order valence-corrected chi connectivity index (χ1v) is 10.2. The molecular formula is C23H28ClF2NO3. The van der Waals surface area contributed by atoms with E-state index < -0.39 is 5.97 Å².